The third-order valence-electron chi connectivity index (χ3n) is 3.79. The molecule has 0 saturated carbocycles. The number of aliphatic hydroxyl groups is 1. The Bertz CT molecular complexity index is 481. The van der Waals surface area contributed by atoms with E-state index in [2.05, 4.69) is 4.90 Å². The Balaban J connectivity index is 2.78. The van der Waals surface area contributed by atoms with Crippen LogP contribution in [-0.4, -0.2) is 69.8 Å². The average Bonchev–Trinajstić information content (AvgIpc) is 2.59. The van der Waals surface area contributed by atoms with E-state index in [1.54, 1.807) is 21.3 Å². The first-order valence-electron chi connectivity index (χ1n) is 8.72. The van der Waals surface area contributed by atoms with Gasteiger partial charge in [-0.1, -0.05) is 12.1 Å². The molecule has 25 heavy (non-hydrogen) atoms. The minimum absolute atomic E-state index is 0.107. The van der Waals surface area contributed by atoms with Gasteiger partial charge in [0.25, 0.3) is 0 Å². The number of hydrogen-bond donors (Lipinski definition) is 1. The molecule has 0 saturated heterocycles. The van der Waals surface area contributed by atoms with Crippen LogP contribution in [0.5, 0.6) is 11.5 Å². The Morgan fingerprint density at radius 3 is 2.48 bits per heavy atom. The SMILES string of the molecule is COCCCN(Cc1cccc(OC)c1OC)C[C@@H](O)COC(C)C. The molecule has 0 aromatic heterocycles. The van der Waals surface area contributed by atoms with Crippen molar-refractivity contribution in [3.8, 4) is 11.5 Å². The highest BCUT2D eigenvalue weighted by Gasteiger charge is 2.17. The van der Waals surface area contributed by atoms with E-state index in [0.717, 1.165) is 24.3 Å². The molecule has 0 aliphatic carbocycles. The molecule has 1 N–H and O–H groups in total. The van der Waals surface area contributed by atoms with Crippen molar-refractivity contribution in [2.45, 2.75) is 39.0 Å². The van der Waals surface area contributed by atoms with Crippen LogP contribution in [0, 0.1) is 0 Å². The Hall–Kier alpha value is -1.34. The van der Waals surface area contributed by atoms with Gasteiger partial charge >= 0.3 is 0 Å². The van der Waals surface area contributed by atoms with Crippen molar-refractivity contribution in [1.29, 1.82) is 0 Å². The van der Waals surface area contributed by atoms with E-state index >= 15 is 0 Å². The zero-order valence-corrected chi connectivity index (χ0v) is 16.2. The fourth-order valence-electron chi connectivity index (χ4n) is 2.64. The third-order valence-corrected chi connectivity index (χ3v) is 3.79. The molecule has 1 aromatic rings. The van der Waals surface area contributed by atoms with Crippen molar-refractivity contribution in [3.05, 3.63) is 23.8 Å². The van der Waals surface area contributed by atoms with E-state index in [9.17, 15) is 5.11 Å². The van der Waals surface area contributed by atoms with E-state index in [-0.39, 0.29) is 6.10 Å². The van der Waals surface area contributed by atoms with E-state index in [1.807, 2.05) is 32.0 Å². The minimum Gasteiger partial charge on any atom is -0.493 e. The molecule has 6 heteroatoms. The summed E-state index contributed by atoms with van der Waals surface area (Å²) in [5.74, 6) is 1.44. The summed E-state index contributed by atoms with van der Waals surface area (Å²) in [5.41, 5.74) is 1.02. The van der Waals surface area contributed by atoms with Gasteiger partial charge in [0.2, 0.25) is 0 Å². The largest absolute Gasteiger partial charge is 0.493 e. The van der Waals surface area contributed by atoms with Crippen molar-refractivity contribution in [1.82, 2.24) is 4.90 Å². The van der Waals surface area contributed by atoms with Crippen molar-refractivity contribution >= 4 is 0 Å². The number of ether oxygens (including phenoxy) is 4. The van der Waals surface area contributed by atoms with Crippen LogP contribution in [0.15, 0.2) is 18.2 Å². The van der Waals surface area contributed by atoms with Gasteiger partial charge in [0.15, 0.2) is 11.5 Å². The summed E-state index contributed by atoms with van der Waals surface area (Å²) in [5, 5.41) is 10.3. The summed E-state index contributed by atoms with van der Waals surface area (Å²) < 4.78 is 21.5. The summed E-state index contributed by atoms with van der Waals surface area (Å²) in [7, 11) is 4.97. The summed E-state index contributed by atoms with van der Waals surface area (Å²) in [6, 6.07) is 5.84. The topological polar surface area (TPSA) is 60.4 Å². The lowest BCUT2D eigenvalue weighted by Gasteiger charge is -2.26. The van der Waals surface area contributed by atoms with Crippen molar-refractivity contribution in [2.24, 2.45) is 0 Å². The standard InChI is InChI=1S/C19H33NO5/c1-15(2)25-14-17(21)13-20(10-7-11-22-3)12-16-8-6-9-18(23-4)19(16)24-5/h6,8-9,15,17,21H,7,10-14H2,1-5H3/t17-/m1/s1. The quantitative estimate of drug-likeness (QED) is 0.548. The molecule has 0 aliphatic heterocycles. The zero-order chi connectivity index (χ0) is 18.7. The van der Waals surface area contributed by atoms with Crippen LogP contribution < -0.4 is 9.47 Å². The lowest BCUT2D eigenvalue weighted by molar-refractivity contribution is -0.0104. The van der Waals surface area contributed by atoms with Crippen LogP contribution >= 0.6 is 0 Å². The van der Waals surface area contributed by atoms with Gasteiger partial charge in [-0.25, -0.2) is 0 Å². The van der Waals surface area contributed by atoms with Crippen molar-refractivity contribution in [2.75, 3.05) is 47.6 Å². The number of aliphatic hydroxyl groups excluding tert-OH is 1. The van der Waals surface area contributed by atoms with Gasteiger partial charge in [0.05, 0.1) is 33.0 Å². The van der Waals surface area contributed by atoms with Crippen LogP contribution in [0.1, 0.15) is 25.8 Å². The molecule has 0 unspecified atom stereocenters. The van der Waals surface area contributed by atoms with Crippen LogP contribution in [0.4, 0.5) is 0 Å². The number of benzene rings is 1. The number of para-hydroxylation sites is 1. The van der Waals surface area contributed by atoms with E-state index in [4.69, 9.17) is 18.9 Å². The van der Waals surface area contributed by atoms with Gasteiger partial charge in [-0.2, -0.15) is 0 Å². The molecule has 1 atom stereocenters. The monoisotopic (exact) mass is 355 g/mol. The first-order chi connectivity index (χ1) is 12.0. The molecule has 0 aliphatic rings. The second kappa shape index (κ2) is 12.1. The lowest BCUT2D eigenvalue weighted by atomic mass is 10.1. The fraction of sp³-hybridized carbons (Fsp3) is 0.684. The second-order valence-electron chi connectivity index (χ2n) is 6.27. The summed E-state index contributed by atoms with van der Waals surface area (Å²) in [6.07, 6.45) is 0.456. The molecule has 0 heterocycles. The van der Waals surface area contributed by atoms with Crippen LogP contribution in [0.2, 0.25) is 0 Å². The molecule has 6 nitrogen and oxygen atoms in total. The van der Waals surface area contributed by atoms with Gasteiger partial charge in [-0.05, 0) is 26.3 Å². The summed E-state index contributed by atoms with van der Waals surface area (Å²) in [6.45, 7) is 6.93. The highest BCUT2D eigenvalue weighted by molar-refractivity contribution is 5.46. The highest BCUT2D eigenvalue weighted by atomic mass is 16.5. The molecule has 0 amide bonds. The first-order valence-corrected chi connectivity index (χ1v) is 8.72. The molecule has 0 radical (unpaired) electrons. The lowest BCUT2D eigenvalue weighted by Crippen LogP contribution is -2.36. The van der Waals surface area contributed by atoms with Crippen LogP contribution in [0.25, 0.3) is 0 Å². The third kappa shape index (κ3) is 8.05. The molecule has 0 spiro atoms. The molecular weight excluding hydrogens is 322 g/mol. The Labute approximate surface area is 151 Å². The number of hydrogen-bond acceptors (Lipinski definition) is 6. The predicted octanol–water partition coefficient (Wildman–Crippen LogP) is 2.33. The van der Waals surface area contributed by atoms with E-state index in [0.29, 0.717) is 32.1 Å². The number of rotatable bonds is 13. The number of methoxy groups -OCH3 is 3. The van der Waals surface area contributed by atoms with Crippen molar-refractivity contribution < 1.29 is 24.1 Å². The molecule has 1 rings (SSSR count). The Kier molecular flexibility index (Phi) is 10.5. The van der Waals surface area contributed by atoms with Gasteiger partial charge in [-0.3, -0.25) is 4.90 Å². The van der Waals surface area contributed by atoms with Gasteiger partial charge in [0, 0.05) is 38.9 Å². The molecule has 0 fully saturated rings. The maximum Gasteiger partial charge on any atom is 0.165 e. The maximum absolute atomic E-state index is 10.3. The summed E-state index contributed by atoms with van der Waals surface area (Å²) in [4.78, 5) is 2.19. The molecule has 144 valence electrons. The van der Waals surface area contributed by atoms with Crippen LogP contribution in [0.3, 0.4) is 0 Å². The smallest absolute Gasteiger partial charge is 0.165 e. The molecule has 0 bridgehead atoms. The van der Waals surface area contributed by atoms with Crippen LogP contribution in [-0.2, 0) is 16.0 Å². The summed E-state index contributed by atoms with van der Waals surface area (Å²) >= 11 is 0. The van der Waals surface area contributed by atoms with Gasteiger partial charge in [-0.15, -0.1) is 0 Å². The highest BCUT2D eigenvalue weighted by Crippen LogP contribution is 2.31. The van der Waals surface area contributed by atoms with Crippen molar-refractivity contribution in [3.63, 3.8) is 0 Å². The van der Waals surface area contributed by atoms with E-state index in [1.165, 1.54) is 0 Å². The van der Waals surface area contributed by atoms with Gasteiger partial charge < -0.3 is 24.1 Å². The zero-order valence-electron chi connectivity index (χ0n) is 16.2. The Morgan fingerprint density at radius 2 is 1.88 bits per heavy atom. The second-order valence-corrected chi connectivity index (χ2v) is 6.27. The minimum atomic E-state index is -0.540. The average molecular weight is 355 g/mol. The number of nitrogens with zero attached hydrogens (tertiary/aromatic N) is 1. The molecule has 1 aromatic carbocycles. The maximum atomic E-state index is 10.3. The predicted molar refractivity (Wildman–Crippen MR) is 98.4 cm³/mol. The van der Waals surface area contributed by atoms with Gasteiger partial charge in [0.1, 0.15) is 0 Å². The fourth-order valence-corrected chi connectivity index (χ4v) is 2.64. The van der Waals surface area contributed by atoms with E-state index < -0.39 is 6.10 Å². The molecular formula is C19H33NO5. The first kappa shape index (κ1) is 21.7. The Morgan fingerprint density at radius 1 is 1.12 bits per heavy atom. The normalized spacial score (nSPS) is 12.6.